The molecule has 2 bridgehead atoms. The molecule has 2 amide bonds. The molecule has 3 N–H and O–H groups in total. The lowest BCUT2D eigenvalue weighted by molar-refractivity contribution is -0.117. The van der Waals surface area contributed by atoms with Crippen molar-refractivity contribution < 1.29 is 14.3 Å². The summed E-state index contributed by atoms with van der Waals surface area (Å²) in [5.74, 6) is -0.311. The third kappa shape index (κ3) is 7.01. The molecule has 0 radical (unpaired) electrons. The van der Waals surface area contributed by atoms with Crippen LogP contribution >= 0.6 is 23.2 Å². The summed E-state index contributed by atoms with van der Waals surface area (Å²) in [5, 5.41) is 29.7. The second-order valence-corrected chi connectivity index (χ2v) is 10.3. The normalized spacial score (nSPS) is 15.1. The van der Waals surface area contributed by atoms with Crippen LogP contribution in [0.5, 0.6) is 0 Å². The zero-order valence-electron chi connectivity index (χ0n) is 22.6. The number of carbonyl (C=O) groups excluding carboxylic acids is 2. The molecule has 2 aromatic carbocycles. The van der Waals surface area contributed by atoms with Crippen molar-refractivity contribution in [2.75, 3.05) is 24.3 Å². The number of methoxy groups -OCH3 is 1. The van der Waals surface area contributed by atoms with Crippen LogP contribution in [0.4, 0.5) is 16.2 Å². The summed E-state index contributed by atoms with van der Waals surface area (Å²) in [5.41, 5.74) is 4.69. The third-order valence-electron chi connectivity index (χ3n) is 6.67. The van der Waals surface area contributed by atoms with Gasteiger partial charge in [0, 0.05) is 45.7 Å². The van der Waals surface area contributed by atoms with Crippen LogP contribution in [-0.4, -0.2) is 56.1 Å². The topological polar surface area (TPSA) is 149 Å². The van der Waals surface area contributed by atoms with Crippen LogP contribution in [0.2, 0.25) is 10.2 Å². The minimum Gasteiger partial charge on any atom is -0.453 e. The molecule has 2 aromatic heterocycles. The van der Waals surface area contributed by atoms with Crippen molar-refractivity contribution in [2.24, 2.45) is 0 Å². The molecule has 0 saturated heterocycles. The van der Waals surface area contributed by atoms with E-state index in [2.05, 4.69) is 41.7 Å². The molecule has 1 aliphatic heterocycles. The summed E-state index contributed by atoms with van der Waals surface area (Å²) in [6, 6.07) is 12.1. The Morgan fingerprint density at radius 1 is 1.07 bits per heavy atom. The fourth-order valence-corrected chi connectivity index (χ4v) is 4.99. The lowest BCUT2D eigenvalue weighted by atomic mass is 9.99. The molecule has 0 saturated carbocycles. The number of fused-ring (bicyclic) bond motifs is 4. The molecule has 5 rings (SSSR count). The van der Waals surface area contributed by atoms with Crippen LogP contribution < -0.4 is 16.0 Å². The highest BCUT2D eigenvalue weighted by Gasteiger charge is 2.20. The average Bonchev–Trinajstić information content (AvgIpc) is 3.52. The van der Waals surface area contributed by atoms with Gasteiger partial charge in [-0.15, -0.1) is 10.2 Å². The van der Waals surface area contributed by atoms with Gasteiger partial charge in [-0.1, -0.05) is 42.1 Å². The number of amides is 2. The van der Waals surface area contributed by atoms with Gasteiger partial charge in [0.1, 0.15) is 6.33 Å². The molecule has 1 atom stereocenters. The Hall–Kier alpha value is -4.55. The van der Waals surface area contributed by atoms with E-state index in [0.29, 0.717) is 46.2 Å². The van der Waals surface area contributed by atoms with Crippen molar-refractivity contribution in [3.63, 3.8) is 0 Å². The molecule has 4 aromatic rings. The summed E-state index contributed by atoms with van der Waals surface area (Å²) in [6.45, 7) is 0.709. The molecule has 0 fully saturated rings. The fourth-order valence-electron chi connectivity index (χ4n) is 4.61. The number of aromatic nitrogens is 6. The molecule has 1 unspecified atom stereocenters. The number of tetrazole rings is 1. The number of nitrogens with one attached hydrogen (secondary N) is 3. The first-order chi connectivity index (χ1) is 20.4. The van der Waals surface area contributed by atoms with E-state index >= 15 is 0 Å². The van der Waals surface area contributed by atoms with Gasteiger partial charge in [0.2, 0.25) is 5.91 Å². The van der Waals surface area contributed by atoms with Gasteiger partial charge < -0.3 is 15.4 Å². The number of ether oxygens (including phenoxy) is 1. The Morgan fingerprint density at radius 2 is 1.95 bits per heavy atom. The van der Waals surface area contributed by atoms with Gasteiger partial charge in [-0.2, -0.15) is 9.78 Å². The highest BCUT2D eigenvalue weighted by molar-refractivity contribution is 6.32. The van der Waals surface area contributed by atoms with Gasteiger partial charge in [-0.05, 0) is 65.7 Å². The van der Waals surface area contributed by atoms with Crippen LogP contribution in [0.1, 0.15) is 43.0 Å². The maximum Gasteiger partial charge on any atom is 0.411 e. The SMILES string of the molecule is COC(=O)Nc1ccc2c(c1)NCCCCCC(NC(=O)/C=C/c1cc(Cl)ccc1-n1cnnn1)c1cc-2c(Cl)nn1. The summed E-state index contributed by atoms with van der Waals surface area (Å²) in [6.07, 6.45) is 7.34. The minimum atomic E-state index is -0.566. The maximum absolute atomic E-state index is 13.1. The van der Waals surface area contributed by atoms with Crippen molar-refractivity contribution in [3.05, 3.63) is 76.3 Å². The van der Waals surface area contributed by atoms with E-state index in [1.807, 2.05) is 18.2 Å². The summed E-state index contributed by atoms with van der Waals surface area (Å²) < 4.78 is 6.21. The standard InChI is InChI=1S/C28H27Cl2N9O3/c1-42-28(41)33-19-8-9-20-21-15-24(35-36-27(21)30)22(5-3-2-4-12-31-23(20)14-19)34-26(40)11-6-17-13-18(29)7-10-25(17)39-16-32-37-38-39/h6-11,13-16,22,31H,2-5,12H2,1H3,(H,33,41)(H,34,40)/b11-6+. The summed E-state index contributed by atoms with van der Waals surface area (Å²) >= 11 is 12.7. The average molecular weight is 608 g/mol. The quantitative estimate of drug-likeness (QED) is 0.251. The van der Waals surface area contributed by atoms with Crippen LogP contribution in [0.3, 0.4) is 0 Å². The number of halogens is 2. The highest BCUT2D eigenvalue weighted by atomic mass is 35.5. The first-order valence-electron chi connectivity index (χ1n) is 13.2. The molecule has 0 aliphatic carbocycles. The lowest BCUT2D eigenvalue weighted by Crippen LogP contribution is -2.28. The van der Waals surface area contributed by atoms with E-state index in [1.165, 1.54) is 24.2 Å². The van der Waals surface area contributed by atoms with Crippen LogP contribution in [0.15, 0.2) is 54.9 Å². The molecule has 3 heterocycles. The second kappa shape index (κ2) is 13.4. The number of anilines is 2. The Bertz CT molecular complexity index is 1610. The van der Waals surface area contributed by atoms with Gasteiger partial charge in [0.05, 0.1) is 24.5 Å². The number of rotatable bonds is 5. The maximum atomic E-state index is 13.1. The van der Waals surface area contributed by atoms with E-state index in [1.54, 1.807) is 30.3 Å². The van der Waals surface area contributed by atoms with Crippen LogP contribution in [-0.2, 0) is 9.53 Å². The number of nitrogens with zero attached hydrogens (tertiary/aromatic N) is 6. The minimum absolute atomic E-state index is 0.216. The van der Waals surface area contributed by atoms with Gasteiger partial charge in [0.25, 0.3) is 0 Å². The third-order valence-corrected chi connectivity index (χ3v) is 7.18. The molecule has 42 heavy (non-hydrogen) atoms. The van der Waals surface area contributed by atoms with Crippen LogP contribution in [0.25, 0.3) is 22.9 Å². The Balaban J connectivity index is 1.42. The van der Waals surface area contributed by atoms with Gasteiger partial charge >= 0.3 is 6.09 Å². The first-order valence-corrected chi connectivity index (χ1v) is 13.9. The highest BCUT2D eigenvalue weighted by Crippen LogP contribution is 2.36. The smallest absolute Gasteiger partial charge is 0.411 e. The number of hydrogen-bond donors (Lipinski definition) is 3. The molecule has 0 spiro atoms. The van der Waals surface area contributed by atoms with Crippen molar-refractivity contribution >= 4 is 52.7 Å². The van der Waals surface area contributed by atoms with Gasteiger partial charge in [0.15, 0.2) is 5.15 Å². The lowest BCUT2D eigenvalue weighted by Gasteiger charge is -2.21. The van der Waals surface area contributed by atoms with Crippen molar-refractivity contribution in [3.8, 4) is 16.8 Å². The van der Waals surface area contributed by atoms with E-state index in [4.69, 9.17) is 27.9 Å². The van der Waals surface area contributed by atoms with E-state index < -0.39 is 12.1 Å². The first kappa shape index (κ1) is 29.0. The van der Waals surface area contributed by atoms with E-state index in [0.717, 1.165) is 30.5 Å². The van der Waals surface area contributed by atoms with Crippen molar-refractivity contribution in [1.29, 1.82) is 0 Å². The Labute approximate surface area is 251 Å². The molecule has 12 nitrogen and oxygen atoms in total. The second-order valence-electron chi connectivity index (χ2n) is 9.48. The largest absolute Gasteiger partial charge is 0.453 e. The Kier molecular flexibility index (Phi) is 9.25. The zero-order valence-corrected chi connectivity index (χ0v) is 24.1. The van der Waals surface area contributed by atoms with Gasteiger partial charge in [-0.25, -0.2) is 4.79 Å². The number of benzene rings is 2. The molecular formula is C28H27Cl2N9O3. The predicted molar refractivity (Wildman–Crippen MR) is 160 cm³/mol. The predicted octanol–water partition coefficient (Wildman–Crippen LogP) is 5.46. The fraction of sp³-hybridized carbons (Fsp3) is 0.250. The summed E-state index contributed by atoms with van der Waals surface area (Å²) in [4.78, 5) is 24.9. The molecule has 216 valence electrons. The molecule has 1 aliphatic rings. The molecule has 14 heteroatoms. The van der Waals surface area contributed by atoms with Gasteiger partial charge in [-0.3, -0.25) is 10.1 Å². The van der Waals surface area contributed by atoms with Crippen LogP contribution in [0, 0.1) is 0 Å². The number of carbonyl (C=O) groups is 2. The Morgan fingerprint density at radius 3 is 2.76 bits per heavy atom. The van der Waals surface area contributed by atoms with Crippen molar-refractivity contribution in [1.82, 2.24) is 35.7 Å². The number of hydrogen-bond acceptors (Lipinski definition) is 9. The van der Waals surface area contributed by atoms with E-state index in [-0.39, 0.29) is 11.1 Å². The monoisotopic (exact) mass is 607 g/mol. The molecular weight excluding hydrogens is 581 g/mol. The zero-order chi connectivity index (χ0) is 29.5. The van der Waals surface area contributed by atoms with Crippen molar-refractivity contribution in [2.45, 2.75) is 31.7 Å². The van der Waals surface area contributed by atoms with E-state index in [9.17, 15) is 9.59 Å². The summed E-state index contributed by atoms with van der Waals surface area (Å²) in [7, 11) is 1.31.